The largest absolute Gasteiger partial charge is 0.270 e. The molecule has 0 bridgehead atoms. The molecule has 1 atom stereocenters. The van der Waals surface area contributed by atoms with Gasteiger partial charge in [-0.25, -0.2) is 0 Å². The molecule has 0 saturated carbocycles. The Morgan fingerprint density at radius 3 is 2.83 bits per heavy atom. The monoisotopic (exact) mass is 184 g/mol. The smallest absolute Gasteiger partial charge is 0.0492 e. The molecule has 1 heterocycles. The van der Waals surface area contributed by atoms with Crippen LogP contribution < -0.4 is 0 Å². The summed E-state index contributed by atoms with van der Waals surface area (Å²) >= 11 is 4.30. The van der Waals surface area contributed by atoms with Gasteiger partial charge in [-0.1, -0.05) is 13.3 Å². The highest BCUT2D eigenvalue weighted by molar-refractivity contribution is 7.80. The summed E-state index contributed by atoms with van der Waals surface area (Å²) in [5, 5.41) is 4.23. The Kier molecular flexibility index (Phi) is 3.66. The van der Waals surface area contributed by atoms with Crippen LogP contribution in [0.25, 0.3) is 0 Å². The summed E-state index contributed by atoms with van der Waals surface area (Å²) in [6, 6.07) is 2.03. The molecule has 0 radical (unpaired) electrons. The molecule has 12 heavy (non-hydrogen) atoms. The van der Waals surface area contributed by atoms with Crippen LogP contribution in [0.4, 0.5) is 0 Å². The molecule has 0 amide bonds. The normalized spacial score (nSPS) is 13.2. The van der Waals surface area contributed by atoms with Crippen molar-refractivity contribution in [2.24, 2.45) is 5.92 Å². The zero-order valence-corrected chi connectivity index (χ0v) is 8.59. The lowest BCUT2D eigenvalue weighted by atomic mass is 10.1. The third kappa shape index (κ3) is 2.27. The van der Waals surface area contributed by atoms with E-state index in [4.69, 9.17) is 0 Å². The first kappa shape index (κ1) is 9.65. The summed E-state index contributed by atoms with van der Waals surface area (Å²) < 4.78 is 2.05. The second-order valence-electron chi connectivity index (χ2n) is 3.11. The number of thiol groups is 1. The Balaban J connectivity index is 2.56. The number of aryl methyl sites for hydroxylation is 1. The summed E-state index contributed by atoms with van der Waals surface area (Å²) in [4.78, 5) is 0. The number of rotatable bonds is 4. The van der Waals surface area contributed by atoms with Crippen molar-refractivity contribution in [3.63, 3.8) is 0 Å². The summed E-state index contributed by atoms with van der Waals surface area (Å²) in [6.45, 7) is 5.27. The van der Waals surface area contributed by atoms with Crippen molar-refractivity contribution < 1.29 is 0 Å². The molecule has 0 aliphatic rings. The molecule has 1 aromatic heterocycles. The molecule has 3 heteroatoms. The molecule has 1 aromatic rings. The zero-order chi connectivity index (χ0) is 8.97. The minimum absolute atomic E-state index is 0.645. The van der Waals surface area contributed by atoms with Crippen LogP contribution in [0.2, 0.25) is 0 Å². The van der Waals surface area contributed by atoms with Crippen molar-refractivity contribution >= 4 is 12.6 Å². The second kappa shape index (κ2) is 4.55. The predicted molar refractivity (Wildman–Crippen MR) is 54.6 cm³/mol. The fourth-order valence-electron chi connectivity index (χ4n) is 1.15. The van der Waals surface area contributed by atoms with Crippen LogP contribution in [0.15, 0.2) is 12.3 Å². The van der Waals surface area contributed by atoms with Crippen LogP contribution in [-0.4, -0.2) is 15.5 Å². The van der Waals surface area contributed by atoms with Crippen molar-refractivity contribution in [3.05, 3.63) is 18.0 Å². The summed E-state index contributed by atoms with van der Waals surface area (Å²) in [7, 11) is 0. The van der Waals surface area contributed by atoms with E-state index in [1.807, 2.05) is 16.9 Å². The summed E-state index contributed by atoms with van der Waals surface area (Å²) in [6.07, 6.45) is 3.02. The highest BCUT2D eigenvalue weighted by Gasteiger charge is 2.06. The maximum Gasteiger partial charge on any atom is 0.0492 e. The van der Waals surface area contributed by atoms with Crippen LogP contribution in [0.5, 0.6) is 0 Å². The fraction of sp³-hybridized carbons (Fsp3) is 0.667. The third-order valence-corrected chi connectivity index (χ3v) is 2.71. The third-order valence-electron chi connectivity index (χ3n) is 2.20. The highest BCUT2D eigenvalue weighted by atomic mass is 32.1. The van der Waals surface area contributed by atoms with E-state index in [-0.39, 0.29) is 0 Å². The average molecular weight is 184 g/mol. The van der Waals surface area contributed by atoms with E-state index in [0.717, 1.165) is 12.3 Å². The molecule has 0 aliphatic heterocycles. The van der Waals surface area contributed by atoms with Crippen molar-refractivity contribution in [2.75, 3.05) is 5.75 Å². The first-order chi connectivity index (χ1) is 5.77. The maximum atomic E-state index is 4.30. The van der Waals surface area contributed by atoms with Crippen LogP contribution in [-0.2, 0) is 6.54 Å². The lowest BCUT2D eigenvalue weighted by Gasteiger charge is -2.12. The summed E-state index contributed by atoms with van der Waals surface area (Å²) in [5.74, 6) is 1.59. The Labute approximate surface area is 79.4 Å². The zero-order valence-electron chi connectivity index (χ0n) is 7.70. The molecule has 0 spiro atoms. The Bertz CT molecular complexity index is 228. The van der Waals surface area contributed by atoms with Gasteiger partial charge in [-0.2, -0.15) is 17.7 Å². The molecule has 68 valence electrons. The van der Waals surface area contributed by atoms with Crippen LogP contribution >= 0.6 is 12.6 Å². The van der Waals surface area contributed by atoms with Gasteiger partial charge in [0.2, 0.25) is 0 Å². The average Bonchev–Trinajstić information content (AvgIpc) is 2.47. The molecular weight excluding hydrogens is 168 g/mol. The molecule has 2 nitrogen and oxygen atoms in total. The quantitative estimate of drug-likeness (QED) is 0.710. The fourth-order valence-corrected chi connectivity index (χ4v) is 1.52. The van der Waals surface area contributed by atoms with Gasteiger partial charge in [0.25, 0.3) is 0 Å². The van der Waals surface area contributed by atoms with Gasteiger partial charge in [-0.3, -0.25) is 4.68 Å². The van der Waals surface area contributed by atoms with Crippen LogP contribution in [0, 0.1) is 12.8 Å². The first-order valence-corrected chi connectivity index (χ1v) is 5.00. The first-order valence-electron chi connectivity index (χ1n) is 4.37. The number of aromatic nitrogens is 2. The molecule has 0 aromatic carbocycles. The van der Waals surface area contributed by atoms with Gasteiger partial charge in [0.05, 0.1) is 0 Å². The Hall–Kier alpha value is -0.440. The SMILES string of the molecule is CCC(CS)Cn1nccc1C. The van der Waals surface area contributed by atoms with E-state index in [9.17, 15) is 0 Å². The van der Waals surface area contributed by atoms with E-state index in [0.29, 0.717) is 5.92 Å². The minimum Gasteiger partial charge on any atom is -0.270 e. The Morgan fingerprint density at radius 1 is 1.67 bits per heavy atom. The van der Waals surface area contributed by atoms with E-state index in [1.54, 1.807) is 0 Å². The molecule has 1 rings (SSSR count). The van der Waals surface area contributed by atoms with E-state index in [1.165, 1.54) is 12.1 Å². The van der Waals surface area contributed by atoms with E-state index < -0.39 is 0 Å². The van der Waals surface area contributed by atoms with Gasteiger partial charge in [0.1, 0.15) is 0 Å². The van der Waals surface area contributed by atoms with E-state index in [2.05, 4.69) is 31.6 Å². The minimum atomic E-state index is 0.645. The van der Waals surface area contributed by atoms with Crippen molar-refractivity contribution in [2.45, 2.75) is 26.8 Å². The molecule has 1 unspecified atom stereocenters. The van der Waals surface area contributed by atoms with Gasteiger partial charge in [-0.05, 0) is 24.7 Å². The molecule has 0 saturated heterocycles. The molecular formula is C9H16N2S. The maximum absolute atomic E-state index is 4.30. The molecule has 0 aliphatic carbocycles. The highest BCUT2D eigenvalue weighted by Crippen LogP contribution is 2.09. The number of hydrogen-bond acceptors (Lipinski definition) is 2. The Morgan fingerprint density at radius 2 is 2.42 bits per heavy atom. The van der Waals surface area contributed by atoms with Gasteiger partial charge >= 0.3 is 0 Å². The van der Waals surface area contributed by atoms with Crippen LogP contribution in [0.1, 0.15) is 19.0 Å². The molecule has 0 N–H and O–H groups in total. The standard InChI is InChI=1S/C9H16N2S/c1-3-9(7-12)6-11-8(2)4-5-10-11/h4-5,9,12H,3,6-7H2,1-2H3. The van der Waals surface area contributed by atoms with E-state index >= 15 is 0 Å². The number of hydrogen-bond donors (Lipinski definition) is 1. The lowest BCUT2D eigenvalue weighted by molar-refractivity contribution is 0.439. The van der Waals surface area contributed by atoms with Gasteiger partial charge in [0, 0.05) is 18.4 Å². The lowest BCUT2D eigenvalue weighted by Crippen LogP contribution is -2.13. The summed E-state index contributed by atoms with van der Waals surface area (Å²) in [5.41, 5.74) is 1.23. The van der Waals surface area contributed by atoms with Gasteiger partial charge < -0.3 is 0 Å². The van der Waals surface area contributed by atoms with Gasteiger partial charge in [-0.15, -0.1) is 0 Å². The van der Waals surface area contributed by atoms with Crippen LogP contribution in [0.3, 0.4) is 0 Å². The topological polar surface area (TPSA) is 17.8 Å². The van der Waals surface area contributed by atoms with Gasteiger partial charge in [0.15, 0.2) is 0 Å². The van der Waals surface area contributed by atoms with Crippen molar-refractivity contribution in [1.29, 1.82) is 0 Å². The number of nitrogens with zero attached hydrogens (tertiary/aromatic N) is 2. The second-order valence-corrected chi connectivity index (χ2v) is 3.48. The predicted octanol–water partition coefficient (Wildman–Crippen LogP) is 2.15. The molecule has 0 fully saturated rings. The van der Waals surface area contributed by atoms with Crippen molar-refractivity contribution in [1.82, 2.24) is 9.78 Å². The van der Waals surface area contributed by atoms with Crippen molar-refractivity contribution in [3.8, 4) is 0 Å².